The molecular weight excluding hydrogens is 408 g/mol. The second kappa shape index (κ2) is 7.65. The number of benzene rings is 1. The number of fused-ring (bicyclic) bond motifs is 1. The number of halogens is 1. The summed E-state index contributed by atoms with van der Waals surface area (Å²) in [7, 11) is 0. The molecule has 6 nitrogen and oxygen atoms in total. The zero-order valence-corrected chi connectivity index (χ0v) is 17.8. The molecule has 0 atom stereocenters. The van der Waals surface area contributed by atoms with Gasteiger partial charge in [-0.15, -0.1) is 0 Å². The van der Waals surface area contributed by atoms with E-state index >= 15 is 0 Å². The second-order valence-corrected chi connectivity index (χ2v) is 8.73. The van der Waals surface area contributed by atoms with Crippen LogP contribution in [0.5, 0.6) is 0 Å². The molecule has 1 aromatic carbocycles. The molecule has 148 valence electrons. The van der Waals surface area contributed by atoms with Gasteiger partial charge in [0.1, 0.15) is 16.6 Å². The summed E-state index contributed by atoms with van der Waals surface area (Å²) in [6.07, 6.45) is 2.31. The van der Waals surface area contributed by atoms with Crippen molar-refractivity contribution < 1.29 is 9.21 Å². The van der Waals surface area contributed by atoms with Crippen molar-refractivity contribution in [3.63, 3.8) is 0 Å². The zero-order chi connectivity index (χ0) is 20.7. The van der Waals surface area contributed by atoms with Gasteiger partial charge in [-0.05, 0) is 54.4 Å². The maximum absolute atomic E-state index is 12.5. The molecule has 0 spiro atoms. The van der Waals surface area contributed by atoms with Gasteiger partial charge >= 0.3 is 0 Å². The SMILES string of the molecule is Cc1ccc(-c2ccc(/C=C3/C(=N)N4N=C(CC(C)C)SC4=NC3=O)o2)cc1Cl. The number of hydrogen-bond donors (Lipinski definition) is 1. The van der Waals surface area contributed by atoms with Crippen molar-refractivity contribution in [1.82, 2.24) is 5.01 Å². The maximum Gasteiger partial charge on any atom is 0.283 e. The predicted molar refractivity (Wildman–Crippen MR) is 118 cm³/mol. The van der Waals surface area contributed by atoms with E-state index in [4.69, 9.17) is 21.4 Å². The van der Waals surface area contributed by atoms with Crippen LogP contribution < -0.4 is 0 Å². The van der Waals surface area contributed by atoms with Crippen LogP contribution in [0.2, 0.25) is 5.02 Å². The van der Waals surface area contributed by atoms with Gasteiger partial charge in [0.05, 0.1) is 5.57 Å². The van der Waals surface area contributed by atoms with E-state index in [1.165, 1.54) is 22.8 Å². The Morgan fingerprint density at radius 2 is 2.10 bits per heavy atom. The van der Waals surface area contributed by atoms with E-state index in [0.29, 0.717) is 27.6 Å². The van der Waals surface area contributed by atoms with Gasteiger partial charge in [0.25, 0.3) is 5.91 Å². The Hall–Kier alpha value is -2.64. The Bertz CT molecular complexity index is 1110. The van der Waals surface area contributed by atoms with E-state index in [2.05, 4.69) is 23.9 Å². The normalized spacial score (nSPS) is 17.8. The summed E-state index contributed by atoms with van der Waals surface area (Å²) in [6.45, 7) is 6.13. The van der Waals surface area contributed by atoms with Crippen LogP contribution >= 0.6 is 23.4 Å². The number of furan rings is 1. The molecule has 1 amide bonds. The summed E-state index contributed by atoms with van der Waals surface area (Å²) in [6, 6.07) is 9.25. The number of carbonyl (C=O) groups is 1. The Labute approximate surface area is 177 Å². The molecule has 4 rings (SSSR count). The van der Waals surface area contributed by atoms with E-state index in [1.54, 1.807) is 6.07 Å². The molecule has 0 radical (unpaired) electrons. The highest BCUT2D eigenvalue weighted by atomic mass is 35.5. The molecule has 0 saturated heterocycles. The number of nitrogens with zero attached hydrogens (tertiary/aromatic N) is 3. The largest absolute Gasteiger partial charge is 0.457 e. The third-order valence-corrected chi connectivity index (χ3v) is 5.79. The number of rotatable bonds is 4. The quantitative estimate of drug-likeness (QED) is 0.647. The number of amides is 1. The van der Waals surface area contributed by atoms with Crippen LogP contribution in [0.4, 0.5) is 0 Å². The fourth-order valence-electron chi connectivity index (χ4n) is 2.94. The summed E-state index contributed by atoms with van der Waals surface area (Å²) in [5.41, 5.74) is 1.97. The number of carbonyl (C=O) groups excluding carboxylic acids is 1. The summed E-state index contributed by atoms with van der Waals surface area (Å²) in [4.78, 5) is 16.6. The molecule has 8 heteroatoms. The Morgan fingerprint density at radius 1 is 1.31 bits per heavy atom. The van der Waals surface area contributed by atoms with E-state index in [0.717, 1.165) is 22.6 Å². The first-order chi connectivity index (χ1) is 13.8. The van der Waals surface area contributed by atoms with Crippen molar-refractivity contribution in [2.24, 2.45) is 16.0 Å². The van der Waals surface area contributed by atoms with E-state index in [9.17, 15) is 4.79 Å². The lowest BCUT2D eigenvalue weighted by molar-refractivity contribution is -0.114. The van der Waals surface area contributed by atoms with E-state index in [-0.39, 0.29) is 11.4 Å². The molecule has 29 heavy (non-hydrogen) atoms. The second-order valence-electron chi connectivity index (χ2n) is 7.28. The molecule has 3 heterocycles. The smallest absolute Gasteiger partial charge is 0.283 e. The fraction of sp³-hybridized carbons (Fsp3) is 0.238. The van der Waals surface area contributed by atoms with E-state index in [1.807, 2.05) is 31.2 Å². The number of aryl methyl sites for hydroxylation is 1. The molecule has 0 unspecified atom stereocenters. The summed E-state index contributed by atoms with van der Waals surface area (Å²) in [5, 5.41) is 16.2. The Balaban J connectivity index is 1.61. The molecule has 0 saturated carbocycles. The first-order valence-electron chi connectivity index (χ1n) is 9.17. The van der Waals surface area contributed by atoms with Crippen LogP contribution in [-0.2, 0) is 4.79 Å². The molecule has 1 N–H and O–H groups in total. The van der Waals surface area contributed by atoms with Crippen LogP contribution in [0.1, 0.15) is 31.6 Å². The van der Waals surface area contributed by atoms with Gasteiger partial charge < -0.3 is 4.42 Å². The minimum Gasteiger partial charge on any atom is -0.457 e. The molecule has 1 aromatic heterocycles. The van der Waals surface area contributed by atoms with Crippen molar-refractivity contribution in [2.75, 3.05) is 0 Å². The number of thioether (sulfide) groups is 1. The van der Waals surface area contributed by atoms with Crippen molar-refractivity contribution in [2.45, 2.75) is 27.2 Å². The summed E-state index contributed by atoms with van der Waals surface area (Å²) in [5.74, 6) is 1.06. The number of amidine groups is 2. The van der Waals surface area contributed by atoms with Gasteiger partial charge in [-0.1, -0.05) is 37.6 Å². The first kappa shape index (κ1) is 19.7. The average Bonchev–Trinajstić information content (AvgIpc) is 3.27. The highest BCUT2D eigenvalue weighted by Gasteiger charge is 2.35. The topological polar surface area (TPSA) is 82.0 Å². The lowest BCUT2D eigenvalue weighted by atomic mass is 10.1. The number of nitrogens with one attached hydrogen (secondary N) is 1. The van der Waals surface area contributed by atoms with Gasteiger partial charge in [-0.2, -0.15) is 15.1 Å². The molecular formula is C21H19ClN4O2S. The lowest BCUT2D eigenvalue weighted by Gasteiger charge is -2.19. The van der Waals surface area contributed by atoms with Gasteiger partial charge in [0.2, 0.25) is 5.17 Å². The highest BCUT2D eigenvalue weighted by Crippen LogP contribution is 2.32. The predicted octanol–water partition coefficient (Wildman–Crippen LogP) is 5.57. The molecule has 0 fully saturated rings. The van der Waals surface area contributed by atoms with Crippen molar-refractivity contribution in [3.05, 3.63) is 52.3 Å². The fourth-order valence-corrected chi connectivity index (χ4v) is 4.21. The monoisotopic (exact) mass is 426 g/mol. The lowest BCUT2D eigenvalue weighted by Crippen LogP contribution is -2.35. The highest BCUT2D eigenvalue weighted by molar-refractivity contribution is 8.26. The van der Waals surface area contributed by atoms with Gasteiger partial charge in [0.15, 0.2) is 5.84 Å². The van der Waals surface area contributed by atoms with Crippen molar-refractivity contribution >= 4 is 51.4 Å². The molecule has 2 aliphatic rings. The number of hydrazone groups is 1. The third-order valence-electron chi connectivity index (χ3n) is 4.45. The van der Waals surface area contributed by atoms with Crippen molar-refractivity contribution in [3.8, 4) is 11.3 Å². The van der Waals surface area contributed by atoms with Crippen LogP contribution in [0.25, 0.3) is 17.4 Å². The standard InChI is InChI=1S/C21H19ClN4O2S/c1-11(2)8-18-25-26-19(23)15(20(27)24-21(26)29-18)10-14-6-7-17(28-14)13-5-4-12(3)16(22)9-13/h4-7,9-11,23H,8H2,1-3H3/b15-10-,23-19?. The summed E-state index contributed by atoms with van der Waals surface area (Å²) < 4.78 is 5.86. The average molecular weight is 427 g/mol. The molecule has 2 aromatic rings. The van der Waals surface area contributed by atoms with Crippen LogP contribution in [-0.4, -0.2) is 27.0 Å². The Morgan fingerprint density at radius 3 is 2.83 bits per heavy atom. The number of aliphatic imine (C=N–C) groups is 1. The third kappa shape index (κ3) is 3.93. The number of hydrogen-bond acceptors (Lipinski definition) is 5. The maximum atomic E-state index is 12.5. The molecule has 0 aliphatic carbocycles. The van der Waals surface area contributed by atoms with Crippen molar-refractivity contribution in [1.29, 1.82) is 5.41 Å². The summed E-state index contributed by atoms with van der Waals surface area (Å²) >= 11 is 7.54. The Kier molecular flexibility index (Phi) is 5.19. The molecule has 0 bridgehead atoms. The first-order valence-corrected chi connectivity index (χ1v) is 10.4. The van der Waals surface area contributed by atoms with Gasteiger partial charge in [0, 0.05) is 17.0 Å². The van der Waals surface area contributed by atoms with Gasteiger partial charge in [-0.3, -0.25) is 10.2 Å². The van der Waals surface area contributed by atoms with E-state index < -0.39 is 5.91 Å². The van der Waals surface area contributed by atoms with Crippen LogP contribution in [0, 0.1) is 18.3 Å². The molecule has 2 aliphatic heterocycles. The zero-order valence-electron chi connectivity index (χ0n) is 16.2. The minimum absolute atomic E-state index is 0.00239. The van der Waals surface area contributed by atoms with Crippen LogP contribution in [0.15, 0.2) is 50.4 Å². The van der Waals surface area contributed by atoms with Gasteiger partial charge in [-0.25, -0.2) is 0 Å². The van der Waals surface area contributed by atoms with Crippen LogP contribution in [0.3, 0.4) is 0 Å². The minimum atomic E-state index is -0.467.